The van der Waals surface area contributed by atoms with Crippen molar-refractivity contribution < 1.29 is 14.6 Å². The first-order valence-corrected chi connectivity index (χ1v) is 16.8. The van der Waals surface area contributed by atoms with E-state index >= 15 is 0 Å². The molecule has 0 fully saturated rings. The van der Waals surface area contributed by atoms with Gasteiger partial charge in [-0.1, -0.05) is 84.0 Å². The molecule has 4 aromatic carbocycles. The van der Waals surface area contributed by atoms with Crippen LogP contribution in [0.2, 0.25) is 0 Å². The number of hydrogen-bond acceptors (Lipinski definition) is 5. The second kappa shape index (κ2) is 11.9. The van der Waals surface area contributed by atoms with E-state index in [9.17, 15) is 5.11 Å². The minimum absolute atomic E-state index is 0.0273. The summed E-state index contributed by atoms with van der Waals surface area (Å²) in [5, 5.41) is 11.5. The molecule has 2 atom stereocenters. The summed E-state index contributed by atoms with van der Waals surface area (Å²) in [5.74, 6) is 2.52. The van der Waals surface area contributed by atoms with Crippen LogP contribution in [0.1, 0.15) is 86.8 Å². The summed E-state index contributed by atoms with van der Waals surface area (Å²) >= 11 is 0. The van der Waals surface area contributed by atoms with Gasteiger partial charge in [0.1, 0.15) is 23.1 Å². The van der Waals surface area contributed by atoms with Crippen molar-refractivity contribution in [3.63, 3.8) is 0 Å². The monoisotopic (exact) mass is 624 g/mol. The van der Waals surface area contributed by atoms with Crippen LogP contribution in [0.15, 0.2) is 89.9 Å². The molecule has 1 aliphatic carbocycles. The Kier molecular flexibility index (Phi) is 7.82. The Morgan fingerprint density at radius 3 is 2.26 bits per heavy atom. The fraction of sp³-hybridized carbons (Fsp3) is 0.333. The average Bonchev–Trinajstić information content (AvgIpc) is 3.42. The molecule has 0 spiro atoms. The first-order chi connectivity index (χ1) is 22.5. The predicted molar refractivity (Wildman–Crippen MR) is 191 cm³/mol. The highest BCUT2D eigenvalue weighted by molar-refractivity contribution is 5.97. The maximum absolute atomic E-state index is 10.7. The lowest BCUT2D eigenvalue weighted by Gasteiger charge is -2.32. The zero-order valence-corrected chi connectivity index (χ0v) is 28.5. The SMILES string of the molecule is Cc1cc(O)c2nc(Oc3cc(C4=N[C@H]5Cc6ccccc6CC(C)(C)[C@H]5O4)cc(-c4c(C(C)C)cccc4C(C)C)c3)ccc2c1. The molecule has 1 aromatic heterocycles. The number of benzene rings is 4. The number of aliphatic imine (C=N–C) groups is 1. The maximum Gasteiger partial charge on any atom is 0.219 e. The number of fused-ring (bicyclic) bond motifs is 3. The number of ether oxygens (including phenoxy) is 2. The van der Waals surface area contributed by atoms with Crippen LogP contribution in [0.5, 0.6) is 17.4 Å². The van der Waals surface area contributed by atoms with Crippen molar-refractivity contribution in [1.82, 2.24) is 4.98 Å². The normalized spacial score (nSPS) is 18.4. The summed E-state index contributed by atoms with van der Waals surface area (Å²) in [5.41, 5.74) is 9.91. The number of phenolic OH excluding ortho intramolecular Hbond substituents is 1. The van der Waals surface area contributed by atoms with Gasteiger partial charge in [0, 0.05) is 22.4 Å². The van der Waals surface area contributed by atoms with Crippen LogP contribution in [-0.4, -0.2) is 28.1 Å². The van der Waals surface area contributed by atoms with Crippen molar-refractivity contribution in [3.8, 4) is 28.5 Å². The molecule has 0 unspecified atom stereocenters. The van der Waals surface area contributed by atoms with E-state index in [0.29, 0.717) is 34.9 Å². The standard InChI is InChI=1S/C42H44N2O3/c1-24(2)33-13-10-14-34(25(3)4)38(33)30-19-31(21-32(20-30)46-37-16-15-28-17-26(5)18-36(45)39(28)44-37)41-43-35-22-27-11-8-9-12-29(27)23-42(6,7)40(35)47-41/h8-21,24-25,35,40,45H,22-23H2,1-7H3/t35-,40-/m0/s1. The Hall–Kier alpha value is -4.64. The molecule has 2 heterocycles. The first-order valence-electron chi connectivity index (χ1n) is 16.8. The molecule has 5 aromatic rings. The van der Waals surface area contributed by atoms with Crippen LogP contribution in [-0.2, 0) is 17.6 Å². The Balaban J connectivity index is 1.36. The average molecular weight is 625 g/mol. The number of phenols is 1. The molecule has 47 heavy (non-hydrogen) atoms. The third kappa shape index (κ3) is 5.88. The predicted octanol–water partition coefficient (Wildman–Crippen LogP) is 10.3. The molecule has 0 amide bonds. The van der Waals surface area contributed by atoms with Crippen LogP contribution < -0.4 is 4.74 Å². The van der Waals surface area contributed by atoms with Gasteiger partial charge in [0.05, 0.1) is 6.04 Å². The van der Waals surface area contributed by atoms with Gasteiger partial charge < -0.3 is 14.6 Å². The van der Waals surface area contributed by atoms with Crippen molar-refractivity contribution >= 4 is 16.8 Å². The Bertz CT molecular complexity index is 2000. The molecular weight excluding hydrogens is 580 g/mol. The summed E-state index contributed by atoms with van der Waals surface area (Å²) in [6, 6.07) is 29.3. The third-order valence-corrected chi connectivity index (χ3v) is 9.76. The second-order valence-electron chi connectivity index (χ2n) is 14.7. The van der Waals surface area contributed by atoms with E-state index in [2.05, 4.69) is 96.1 Å². The van der Waals surface area contributed by atoms with Crippen molar-refractivity contribution in [3.05, 3.63) is 118 Å². The van der Waals surface area contributed by atoms with Gasteiger partial charge in [-0.05, 0) is 107 Å². The number of aromatic nitrogens is 1. The summed E-state index contributed by atoms with van der Waals surface area (Å²) in [4.78, 5) is 9.99. The number of hydrogen-bond donors (Lipinski definition) is 1. The fourth-order valence-corrected chi connectivity index (χ4v) is 7.50. The van der Waals surface area contributed by atoms with Gasteiger partial charge in [-0.3, -0.25) is 0 Å². The molecule has 240 valence electrons. The van der Waals surface area contributed by atoms with E-state index in [1.54, 1.807) is 6.07 Å². The van der Waals surface area contributed by atoms with E-state index in [-0.39, 0.29) is 23.3 Å². The van der Waals surface area contributed by atoms with Crippen LogP contribution in [0.3, 0.4) is 0 Å². The molecule has 1 aliphatic heterocycles. The molecule has 5 heteroatoms. The number of aromatic hydroxyl groups is 1. The molecule has 0 bridgehead atoms. The van der Waals surface area contributed by atoms with Gasteiger partial charge in [-0.15, -0.1) is 0 Å². The third-order valence-electron chi connectivity index (χ3n) is 9.76. The largest absolute Gasteiger partial charge is 0.506 e. The maximum atomic E-state index is 10.7. The highest BCUT2D eigenvalue weighted by Gasteiger charge is 2.45. The molecule has 1 N–H and O–H groups in total. The minimum Gasteiger partial charge on any atom is -0.506 e. The number of pyridine rings is 1. The van der Waals surface area contributed by atoms with E-state index in [0.717, 1.165) is 34.9 Å². The lowest BCUT2D eigenvalue weighted by atomic mass is 9.80. The van der Waals surface area contributed by atoms with Crippen LogP contribution in [0, 0.1) is 12.3 Å². The van der Waals surface area contributed by atoms with Crippen molar-refractivity contribution in [2.75, 3.05) is 0 Å². The minimum atomic E-state index is -0.0934. The van der Waals surface area contributed by atoms with Crippen molar-refractivity contribution in [1.29, 1.82) is 0 Å². The fourth-order valence-electron chi connectivity index (χ4n) is 7.50. The summed E-state index contributed by atoms with van der Waals surface area (Å²) in [6.07, 6.45) is 1.76. The Morgan fingerprint density at radius 1 is 0.830 bits per heavy atom. The molecule has 2 aliphatic rings. The molecule has 0 saturated heterocycles. The Labute approximate surface area is 278 Å². The van der Waals surface area contributed by atoms with Gasteiger partial charge in [0.2, 0.25) is 11.8 Å². The quantitative estimate of drug-likeness (QED) is 0.204. The van der Waals surface area contributed by atoms with Gasteiger partial charge in [-0.2, -0.15) is 0 Å². The Morgan fingerprint density at radius 2 is 1.53 bits per heavy atom. The second-order valence-corrected chi connectivity index (χ2v) is 14.7. The van der Waals surface area contributed by atoms with Crippen molar-refractivity contribution in [2.45, 2.75) is 85.3 Å². The zero-order valence-electron chi connectivity index (χ0n) is 28.5. The zero-order chi connectivity index (χ0) is 33.0. The van der Waals surface area contributed by atoms with Gasteiger partial charge in [0.15, 0.2) is 0 Å². The molecular formula is C42H44N2O3. The van der Waals surface area contributed by atoms with Crippen LogP contribution in [0.25, 0.3) is 22.0 Å². The number of aryl methyl sites for hydroxylation is 1. The number of nitrogens with zero attached hydrogens (tertiary/aromatic N) is 2. The van der Waals surface area contributed by atoms with Gasteiger partial charge in [-0.25, -0.2) is 9.98 Å². The molecule has 5 nitrogen and oxygen atoms in total. The highest BCUT2D eigenvalue weighted by atomic mass is 16.5. The molecule has 0 radical (unpaired) electrons. The van der Waals surface area contributed by atoms with E-state index in [4.69, 9.17) is 19.5 Å². The van der Waals surface area contributed by atoms with Gasteiger partial charge in [0.25, 0.3) is 0 Å². The van der Waals surface area contributed by atoms with E-state index < -0.39 is 0 Å². The summed E-state index contributed by atoms with van der Waals surface area (Å²) < 4.78 is 13.4. The van der Waals surface area contributed by atoms with Crippen LogP contribution >= 0.6 is 0 Å². The van der Waals surface area contributed by atoms with E-state index in [1.807, 2.05) is 31.2 Å². The van der Waals surface area contributed by atoms with Crippen molar-refractivity contribution in [2.24, 2.45) is 10.4 Å². The number of rotatable bonds is 6. The summed E-state index contributed by atoms with van der Waals surface area (Å²) in [6.45, 7) is 15.5. The lowest BCUT2D eigenvalue weighted by Crippen LogP contribution is -2.38. The lowest BCUT2D eigenvalue weighted by molar-refractivity contribution is 0.0676. The van der Waals surface area contributed by atoms with Gasteiger partial charge >= 0.3 is 0 Å². The smallest absolute Gasteiger partial charge is 0.219 e. The van der Waals surface area contributed by atoms with Crippen LogP contribution in [0.4, 0.5) is 0 Å². The summed E-state index contributed by atoms with van der Waals surface area (Å²) in [7, 11) is 0. The first kappa shape index (κ1) is 31.0. The van der Waals surface area contributed by atoms with E-state index in [1.165, 1.54) is 27.8 Å². The highest BCUT2D eigenvalue weighted by Crippen LogP contribution is 2.43. The molecule has 0 saturated carbocycles. The topological polar surface area (TPSA) is 63.9 Å². The molecule has 7 rings (SSSR count).